The number of nitrogens with zero attached hydrogens (tertiary/aromatic N) is 4. The molecule has 0 amide bonds. The molecular formula is C19H16ClFN6O2. The average Bonchev–Trinajstić information content (AvgIpc) is 3.42. The van der Waals surface area contributed by atoms with E-state index in [-0.39, 0.29) is 12.2 Å². The van der Waals surface area contributed by atoms with Crippen molar-refractivity contribution in [3.63, 3.8) is 0 Å². The summed E-state index contributed by atoms with van der Waals surface area (Å²) >= 11 is 6.02. The molecule has 0 radical (unpaired) electrons. The van der Waals surface area contributed by atoms with Gasteiger partial charge >= 0.3 is 0 Å². The normalized spacial score (nSPS) is 14.3. The molecule has 2 aromatic carbocycles. The standard InChI is InChI=1S/C19H16ClFN6O2/c20-13-3-1-12(2-4-13)19(28,9-16-22-10-24-26-16)17(18-23-11-25-27-18)29-15-7-5-14(21)6-8-15/h1-8,10-11,17,28H,9H2,(H,22,24,26)(H,23,25,27). The van der Waals surface area contributed by atoms with Crippen LogP contribution in [0, 0.1) is 5.82 Å². The molecule has 0 saturated carbocycles. The molecule has 29 heavy (non-hydrogen) atoms. The van der Waals surface area contributed by atoms with Gasteiger partial charge in [0.05, 0.1) is 0 Å². The van der Waals surface area contributed by atoms with Gasteiger partial charge in [-0.3, -0.25) is 10.2 Å². The summed E-state index contributed by atoms with van der Waals surface area (Å²) in [6, 6.07) is 12.1. The van der Waals surface area contributed by atoms with E-state index in [0.717, 1.165) is 0 Å². The summed E-state index contributed by atoms with van der Waals surface area (Å²) in [6.07, 6.45) is 1.74. The summed E-state index contributed by atoms with van der Waals surface area (Å²) in [5, 5.41) is 25.8. The Hall–Kier alpha value is -3.30. The Labute approximate surface area is 169 Å². The van der Waals surface area contributed by atoms with Gasteiger partial charge < -0.3 is 9.84 Å². The molecule has 8 nitrogen and oxygen atoms in total. The molecule has 0 aliphatic heterocycles. The highest BCUT2D eigenvalue weighted by atomic mass is 35.5. The van der Waals surface area contributed by atoms with Gasteiger partial charge in [0.2, 0.25) is 0 Å². The van der Waals surface area contributed by atoms with Crippen LogP contribution in [0.1, 0.15) is 23.3 Å². The topological polar surface area (TPSA) is 113 Å². The summed E-state index contributed by atoms with van der Waals surface area (Å²) in [4.78, 5) is 8.29. The van der Waals surface area contributed by atoms with Gasteiger partial charge in [-0.2, -0.15) is 10.2 Å². The van der Waals surface area contributed by atoms with Crippen molar-refractivity contribution in [3.8, 4) is 5.75 Å². The molecule has 0 bridgehead atoms. The Morgan fingerprint density at radius 3 is 2.31 bits per heavy atom. The summed E-state index contributed by atoms with van der Waals surface area (Å²) in [5.74, 6) is 0.511. The second-order valence-corrected chi connectivity index (χ2v) is 6.77. The van der Waals surface area contributed by atoms with Gasteiger partial charge in [-0.1, -0.05) is 23.7 Å². The smallest absolute Gasteiger partial charge is 0.194 e. The first kappa shape index (κ1) is 19.0. The number of hydrogen-bond donors (Lipinski definition) is 3. The number of rotatable bonds is 7. The first-order valence-corrected chi connectivity index (χ1v) is 9.03. The molecule has 0 spiro atoms. The molecule has 2 heterocycles. The first-order chi connectivity index (χ1) is 14.0. The van der Waals surface area contributed by atoms with Gasteiger partial charge in [0.15, 0.2) is 17.8 Å². The van der Waals surface area contributed by atoms with Crippen LogP contribution in [0.2, 0.25) is 5.02 Å². The Morgan fingerprint density at radius 2 is 1.69 bits per heavy atom. The highest BCUT2D eigenvalue weighted by molar-refractivity contribution is 6.30. The molecule has 3 N–H and O–H groups in total. The largest absolute Gasteiger partial charge is 0.479 e. The molecule has 0 fully saturated rings. The van der Waals surface area contributed by atoms with E-state index in [4.69, 9.17) is 16.3 Å². The molecule has 4 aromatic rings. The molecule has 2 unspecified atom stereocenters. The van der Waals surface area contributed by atoms with Crippen molar-refractivity contribution in [1.29, 1.82) is 0 Å². The van der Waals surface area contributed by atoms with Crippen molar-refractivity contribution in [2.45, 2.75) is 18.1 Å². The van der Waals surface area contributed by atoms with Crippen LogP contribution in [0.4, 0.5) is 4.39 Å². The SMILES string of the molecule is OC(Cc1nc[nH]n1)(c1ccc(Cl)cc1)C(Oc1ccc(F)cc1)c1nc[nH]n1. The second kappa shape index (κ2) is 7.98. The molecule has 2 atom stereocenters. The van der Waals surface area contributed by atoms with E-state index in [0.29, 0.717) is 22.2 Å². The molecule has 10 heteroatoms. The predicted octanol–water partition coefficient (Wildman–Crippen LogP) is 2.97. The van der Waals surface area contributed by atoms with Crippen LogP contribution >= 0.6 is 11.6 Å². The third-order valence-electron chi connectivity index (χ3n) is 4.41. The first-order valence-electron chi connectivity index (χ1n) is 8.65. The van der Waals surface area contributed by atoms with Crippen molar-refractivity contribution in [2.75, 3.05) is 0 Å². The highest BCUT2D eigenvalue weighted by Gasteiger charge is 2.45. The van der Waals surface area contributed by atoms with E-state index in [1.54, 1.807) is 24.3 Å². The van der Waals surface area contributed by atoms with Crippen molar-refractivity contribution < 1.29 is 14.2 Å². The Balaban J connectivity index is 1.80. The maximum Gasteiger partial charge on any atom is 0.194 e. The molecule has 4 rings (SSSR count). The van der Waals surface area contributed by atoms with Gasteiger partial charge in [0.1, 0.15) is 29.8 Å². The number of aromatic amines is 2. The van der Waals surface area contributed by atoms with Crippen LogP contribution < -0.4 is 4.74 Å². The Kier molecular flexibility index (Phi) is 5.24. The molecule has 2 aromatic heterocycles. The number of hydrogen-bond acceptors (Lipinski definition) is 6. The van der Waals surface area contributed by atoms with Crippen LogP contribution in [0.15, 0.2) is 61.2 Å². The monoisotopic (exact) mass is 414 g/mol. The molecule has 148 valence electrons. The van der Waals surface area contributed by atoms with Crippen LogP contribution in [0.5, 0.6) is 5.75 Å². The number of benzene rings is 2. The van der Waals surface area contributed by atoms with E-state index in [1.165, 1.54) is 36.9 Å². The minimum atomic E-state index is -1.66. The number of halogens is 2. The van der Waals surface area contributed by atoms with Crippen molar-refractivity contribution in [1.82, 2.24) is 30.4 Å². The van der Waals surface area contributed by atoms with Crippen LogP contribution in [-0.2, 0) is 12.0 Å². The number of aliphatic hydroxyl groups is 1. The van der Waals surface area contributed by atoms with Crippen LogP contribution in [0.25, 0.3) is 0 Å². The zero-order chi connectivity index (χ0) is 20.3. The Bertz CT molecular complexity index is 1040. The lowest BCUT2D eigenvalue weighted by Gasteiger charge is -2.34. The van der Waals surface area contributed by atoms with Crippen LogP contribution in [0.3, 0.4) is 0 Å². The minimum Gasteiger partial charge on any atom is -0.479 e. The van der Waals surface area contributed by atoms with Gasteiger partial charge in [0, 0.05) is 11.4 Å². The summed E-state index contributed by atoms with van der Waals surface area (Å²) < 4.78 is 19.4. The third kappa shape index (κ3) is 4.10. The summed E-state index contributed by atoms with van der Waals surface area (Å²) in [7, 11) is 0. The van der Waals surface area contributed by atoms with Crippen molar-refractivity contribution in [2.24, 2.45) is 0 Å². The summed E-state index contributed by atoms with van der Waals surface area (Å²) in [6.45, 7) is 0. The third-order valence-corrected chi connectivity index (χ3v) is 4.66. The average molecular weight is 415 g/mol. The fourth-order valence-corrected chi connectivity index (χ4v) is 3.13. The minimum absolute atomic E-state index is 0.00145. The lowest BCUT2D eigenvalue weighted by atomic mass is 9.84. The maximum absolute atomic E-state index is 13.3. The number of aromatic nitrogens is 6. The second-order valence-electron chi connectivity index (χ2n) is 6.33. The van der Waals surface area contributed by atoms with E-state index in [2.05, 4.69) is 30.4 Å². The molecular weight excluding hydrogens is 399 g/mol. The lowest BCUT2D eigenvalue weighted by Crippen LogP contribution is -2.40. The van der Waals surface area contributed by atoms with Crippen molar-refractivity contribution in [3.05, 3.63) is 89.2 Å². The molecule has 0 saturated heterocycles. The van der Waals surface area contributed by atoms with E-state index >= 15 is 0 Å². The lowest BCUT2D eigenvalue weighted by molar-refractivity contribution is -0.0747. The van der Waals surface area contributed by atoms with Gasteiger partial charge in [-0.05, 0) is 42.0 Å². The number of ether oxygens (including phenoxy) is 1. The van der Waals surface area contributed by atoms with Gasteiger partial charge in [0.25, 0.3) is 0 Å². The van der Waals surface area contributed by atoms with E-state index in [9.17, 15) is 9.50 Å². The summed E-state index contributed by atoms with van der Waals surface area (Å²) in [5.41, 5.74) is -1.16. The predicted molar refractivity (Wildman–Crippen MR) is 102 cm³/mol. The maximum atomic E-state index is 13.3. The van der Waals surface area contributed by atoms with E-state index in [1.807, 2.05) is 0 Å². The van der Waals surface area contributed by atoms with E-state index < -0.39 is 17.5 Å². The van der Waals surface area contributed by atoms with Crippen LogP contribution in [-0.4, -0.2) is 35.5 Å². The number of nitrogens with one attached hydrogen (secondary N) is 2. The fraction of sp³-hybridized carbons (Fsp3) is 0.158. The zero-order valence-electron chi connectivity index (χ0n) is 15.0. The quantitative estimate of drug-likeness (QED) is 0.428. The highest BCUT2D eigenvalue weighted by Crippen LogP contribution is 2.40. The molecule has 0 aliphatic carbocycles. The van der Waals surface area contributed by atoms with Gasteiger partial charge in [-0.25, -0.2) is 14.4 Å². The Morgan fingerprint density at radius 1 is 1.00 bits per heavy atom. The fourth-order valence-electron chi connectivity index (χ4n) is 3.00. The van der Waals surface area contributed by atoms with Crippen molar-refractivity contribution >= 4 is 11.6 Å². The molecule has 0 aliphatic rings. The van der Waals surface area contributed by atoms with Gasteiger partial charge in [-0.15, -0.1) is 0 Å². The number of H-pyrrole nitrogens is 2. The zero-order valence-corrected chi connectivity index (χ0v) is 15.7.